The lowest BCUT2D eigenvalue weighted by Gasteiger charge is -2.27. The van der Waals surface area contributed by atoms with Crippen LogP contribution in [0.2, 0.25) is 5.02 Å². The molecule has 1 aromatic rings. The monoisotopic (exact) mass is 328 g/mol. The molecule has 0 saturated carbocycles. The molecule has 2 saturated heterocycles. The number of halogens is 2. The van der Waals surface area contributed by atoms with Gasteiger partial charge in [-0.3, -0.25) is 4.90 Å². The van der Waals surface area contributed by atoms with Crippen LogP contribution in [-0.2, 0) is 0 Å². The third-order valence-electron chi connectivity index (χ3n) is 4.07. The van der Waals surface area contributed by atoms with Crippen LogP contribution in [-0.4, -0.2) is 37.1 Å². The Balaban J connectivity index is 1.80. The number of fused-ring (bicyclic) bond motifs is 1. The Hall–Kier alpha value is -0.250. The molecule has 0 aromatic heterocycles. The quantitative estimate of drug-likeness (QED) is 0.774. The molecule has 2 fully saturated rings. The second-order valence-electron chi connectivity index (χ2n) is 5.23. The van der Waals surface area contributed by atoms with Crippen molar-refractivity contribution in [3.63, 3.8) is 0 Å². The van der Waals surface area contributed by atoms with Gasteiger partial charge >= 0.3 is 0 Å². The molecule has 4 heteroatoms. The smallest absolute Gasteiger partial charge is 0.0549 e. The van der Waals surface area contributed by atoms with Gasteiger partial charge in [-0.25, -0.2) is 0 Å². The summed E-state index contributed by atoms with van der Waals surface area (Å²) < 4.78 is 0.995. The van der Waals surface area contributed by atoms with E-state index in [-0.39, 0.29) is 0 Å². The molecule has 0 spiro atoms. The third kappa shape index (κ3) is 2.54. The van der Waals surface area contributed by atoms with E-state index in [1.807, 2.05) is 6.07 Å². The van der Waals surface area contributed by atoms with Crippen molar-refractivity contribution in [3.05, 3.63) is 27.7 Å². The molecule has 1 unspecified atom stereocenters. The second-order valence-corrected chi connectivity index (χ2v) is 6.49. The van der Waals surface area contributed by atoms with Crippen LogP contribution in [0.5, 0.6) is 0 Å². The lowest BCUT2D eigenvalue weighted by atomic mass is 10.2. The standard InChI is InChI=1S/C14H18BrClN2/c15-13-9-11(4-5-14(13)16)18-8-2-7-17-6-1-3-12(17)10-18/h4-5,9,12H,1-3,6-8,10H2. The van der Waals surface area contributed by atoms with E-state index in [1.165, 1.54) is 38.0 Å². The number of nitrogens with zero attached hydrogens (tertiary/aromatic N) is 2. The highest BCUT2D eigenvalue weighted by Crippen LogP contribution is 2.30. The SMILES string of the molecule is Clc1ccc(N2CCCN3CCCC3C2)cc1Br. The largest absolute Gasteiger partial charge is 0.370 e. The minimum absolute atomic E-state index is 0.752. The van der Waals surface area contributed by atoms with Gasteiger partial charge in [-0.15, -0.1) is 0 Å². The van der Waals surface area contributed by atoms with Crippen LogP contribution in [0.1, 0.15) is 19.3 Å². The lowest BCUT2D eigenvalue weighted by molar-refractivity contribution is 0.273. The molecule has 98 valence electrons. The number of rotatable bonds is 1. The third-order valence-corrected chi connectivity index (χ3v) is 5.29. The number of hydrogen-bond acceptors (Lipinski definition) is 2. The summed E-state index contributed by atoms with van der Waals surface area (Å²) in [6.45, 7) is 4.87. The molecule has 2 nitrogen and oxygen atoms in total. The van der Waals surface area contributed by atoms with Gasteiger partial charge in [0.05, 0.1) is 5.02 Å². The summed E-state index contributed by atoms with van der Waals surface area (Å²) in [6.07, 6.45) is 3.98. The predicted molar refractivity (Wildman–Crippen MR) is 80.6 cm³/mol. The zero-order chi connectivity index (χ0) is 12.5. The molecule has 0 radical (unpaired) electrons. The van der Waals surface area contributed by atoms with Crippen molar-refractivity contribution in [1.29, 1.82) is 0 Å². The van der Waals surface area contributed by atoms with Crippen molar-refractivity contribution in [2.45, 2.75) is 25.3 Å². The second kappa shape index (κ2) is 5.40. The van der Waals surface area contributed by atoms with Crippen molar-refractivity contribution < 1.29 is 0 Å². The van der Waals surface area contributed by atoms with Crippen LogP contribution in [0, 0.1) is 0 Å². The highest BCUT2D eigenvalue weighted by Gasteiger charge is 2.28. The van der Waals surface area contributed by atoms with Crippen molar-refractivity contribution in [2.24, 2.45) is 0 Å². The molecule has 2 aliphatic rings. The van der Waals surface area contributed by atoms with Gasteiger partial charge in [-0.2, -0.15) is 0 Å². The average Bonchev–Trinajstić information content (AvgIpc) is 2.70. The Labute approximate surface area is 122 Å². The van der Waals surface area contributed by atoms with Crippen molar-refractivity contribution in [3.8, 4) is 0 Å². The minimum Gasteiger partial charge on any atom is -0.370 e. The minimum atomic E-state index is 0.752. The van der Waals surface area contributed by atoms with Crippen LogP contribution in [0.15, 0.2) is 22.7 Å². The summed E-state index contributed by atoms with van der Waals surface area (Å²) in [4.78, 5) is 5.17. The lowest BCUT2D eigenvalue weighted by Crippen LogP contribution is -2.36. The topological polar surface area (TPSA) is 6.48 Å². The molecule has 0 amide bonds. The fourth-order valence-electron chi connectivity index (χ4n) is 3.12. The van der Waals surface area contributed by atoms with Crippen LogP contribution >= 0.6 is 27.5 Å². The number of benzene rings is 1. The normalized spacial score (nSPS) is 25.0. The number of hydrogen-bond donors (Lipinski definition) is 0. The van der Waals surface area contributed by atoms with Gasteiger partial charge < -0.3 is 4.90 Å². The highest BCUT2D eigenvalue weighted by atomic mass is 79.9. The fourth-order valence-corrected chi connectivity index (χ4v) is 3.61. The van der Waals surface area contributed by atoms with Gasteiger partial charge in [-0.1, -0.05) is 11.6 Å². The Morgan fingerprint density at radius 3 is 2.83 bits per heavy atom. The van der Waals surface area contributed by atoms with E-state index in [1.54, 1.807) is 0 Å². The first-order valence-corrected chi connectivity index (χ1v) is 7.85. The van der Waals surface area contributed by atoms with E-state index >= 15 is 0 Å². The molecule has 0 aliphatic carbocycles. The Morgan fingerprint density at radius 2 is 2.00 bits per heavy atom. The Kier molecular flexibility index (Phi) is 3.83. The summed E-state index contributed by atoms with van der Waals surface area (Å²) in [7, 11) is 0. The van der Waals surface area contributed by atoms with Crippen LogP contribution in [0.25, 0.3) is 0 Å². The van der Waals surface area contributed by atoms with Gasteiger partial charge in [-0.05, 0) is 59.9 Å². The molecular weight excluding hydrogens is 312 g/mol. The van der Waals surface area contributed by atoms with E-state index in [9.17, 15) is 0 Å². The molecular formula is C14H18BrClN2. The van der Waals surface area contributed by atoms with E-state index in [2.05, 4.69) is 37.9 Å². The maximum atomic E-state index is 6.07. The first-order chi connectivity index (χ1) is 8.74. The molecule has 18 heavy (non-hydrogen) atoms. The maximum absolute atomic E-state index is 6.07. The fraction of sp³-hybridized carbons (Fsp3) is 0.571. The van der Waals surface area contributed by atoms with Crippen LogP contribution in [0.4, 0.5) is 5.69 Å². The average molecular weight is 330 g/mol. The zero-order valence-electron chi connectivity index (χ0n) is 10.4. The Morgan fingerprint density at radius 1 is 1.17 bits per heavy atom. The summed E-state index contributed by atoms with van der Waals surface area (Å²) in [6, 6.07) is 7.02. The molecule has 0 bridgehead atoms. The van der Waals surface area contributed by atoms with Gasteiger partial charge in [0, 0.05) is 35.8 Å². The first-order valence-electron chi connectivity index (χ1n) is 6.68. The van der Waals surface area contributed by atoms with Crippen molar-refractivity contribution in [1.82, 2.24) is 4.90 Å². The van der Waals surface area contributed by atoms with E-state index < -0.39 is 0 Å². The van der Waals surface area contributed by atoms with Gasteiger partial charge in [0.1, 0.15) is 0 Å². The summed E-state index contributed by atoms with van der Waals surface area (Å²) in [5.41, 5.74) is 1.29. The van der Waals surface area contributed by atoms with Gasteiger partial charge in [0.25, 0.3) is 0 Å². The molecule has 0 N–H and O–H groups in total. The molecule has 1 aromatic carbocycles. The van der Waals surface area contributed by atoms with E-state index in [4.69, 9.17) is 11.6 Å². The van der Waals surface area contributed by atoms with Gasteiger partial charge in [0.2, 0.25) is 0 Å². The molecule has 1 atom stereocenters. The Bertz CT molecular complexity index is 438. The van der Waals surface area contributed by atoms with Gasteiger partial charge in [0.15, 0.2) is 0 Å². The van der Waals surface area contributed by atoms with Crippen LogP contribution < -0.4 is 4.90 Å². The van der Waals surface area contributed by atoms with E-state index in [0.29, 0.717) is 0 Å². The summed E-state index contributed by atoms with van der Waals surface area (Å²) in [5, 5.41) is 0.788. The summed E-state index contributed by atoms with van der Waals surface area (Å²) in [5.74, 6) is 0. The molecule has 2 heterocycles. The van der Waals surface area contributed by atoms with E-state index in [0.717, 1.165) is 28.6 Å². The maximum Gasteiger partial charge on any atom is 0.0549 e. The van der Waals surface area contributed by atoms with Crippen molar-refractivity contribution >= 4 is 33.2 Å². The zero-order valence-corrected chi connectivity index (χ0v) is 12.8. The summed E-state index contributed by atoms with van der Waals surface area (Å²) >= 11 is 9.59. The van der Waals surface area contributed by atoms with Crippen LogP contribution in [0.3, 0.4) is 0 Å². The highest BCUT2D eigenvalue weighted by molar-refractivity contribution is 9.10. The molecule has 3 rings (SSSR count). The number of anilines is 1. The predicted octanol–water partition coefficient (Wildman–Crippen LogP) is 3.78. The molecule has 2 aliphatic heterocycles. The first kappa shape index (κ1) is 12.8. The van der Waals surface area contributed by atoms with Crippen molar-refractivity contribution in [2.75, 3.05) is 31.1 Å².